The van der Waals surface area contributed by atoms with Gasteiger partial charge in [-0.15, -0.1) is 0 Å². The fraction of sp³-hybridized carbons (Fsp3) is 0.250. The van der Waals surface area contributed by atoms with E-state index in [0.29, 0.717) is 21.6 Å². The Hall–Kier alpha value is -0.870. The Bertz CT molecular complexity index is 330. The van der Waals surface area contributed by atoms with Crippen LogP contribution in [-0.4, -0.2) is 24.1 Å². The molecule has 0 amide bonds. The number of ether oxygens (including phenoxy) is 1. The highest BCUT2D eigenvalue weighted by Crippen LogP contribution is 2.17. The van der Waals surface area contributed by atoms with Crippen LogP contribution in [0.25, 0.3) is 0 Å². The molecule has 0 saturated carbocycles. The van der Waals surface area contributed by atoms with Crippen LogP contribution in [0.1, 0.15) is 5.69 Å². The predicted octanol–water partition coefficient (Wildman–Crippen LogP) is 1.64. The van der Waals surface area contributed by atoms with Gasteiger partial charge in [-0.1, -0.05) is 23.8 Å². The van der Waals surface area contributed by atoms with Crippen LogP contribution < -0.4 is 10.1 Å². The molecule has 3 nitrogen and oxygen atoms in total. The molecule has 0 aliphatic heterocycles. The summed E-state index contributed by atoms with van der Waals surface area (Å²) < 4.78 is 4.95. The highest BCUT2D eigenvalue weighted by molar-refractivity contribution is 7.80. The van der Waals surface area contributed by atoms with Gasteiger partial charge in [0, 0.05) is 13.1 Å². The maximum Gasteiger partial charge on any atom is 0.213 e. The van der Waals surface area contributed by atoms with Gasteiger partial charge in [0.05, 0.1) is 12.1 Å². The Morgan fingerprint density at radius 2 is 2.31 bits per heavy atom. The van der Waals surface area contributed by atoms with E-state index >= 15 is 0 Å². The number of pyridine rings is 1. The van der Waals surface area contributed by atoms with Gasteiger partial charge in [-0.3, -0.25) is 0 Å². The van der Waals surface area contributed by atoms with Crippen molar-refractivity contribution in [2.75, 3.05) is 14.2 Å². The highest BCUT2D eigenvalue weighted by Gasteiger charge is 2.07. The van der Waals surface area contributed by atoms with Gasteiger partial charge in [0.25, 0.3) is 0 Å². The van der Waals surface area contributed by atoms with Gasteiger partial charge < -0.3 is 10.1 Å². The van der Waals surface area contributed by atoms with Gasteiger partial charge in [-0.05, 0) is 6.07 Å². The van der Waals surface area contributed by atoms with E-state index in [2.05, 4.69) is 10.3 Å². The zero-order valence-corrected chi connectivity index (χ0v) is 8.87. The number of thiocarbonyl (C=S) groups is 1. The van der Waals surface area contributed by atoms with E-state index in [1.54, 1.807) is 26.3 Å². The van der Waals surface area contributed by atoms with Crippen LogP contribution in [0.15, 0.2) is 12.1 Å². The largest absolute Gasteiger partial charge is 0.481 e. The summed E-state index contributed by atoms with van der Waals surface area (Å²) in [5.74, 6) is 0.497. The third-order valence-corrected chi connectivity index (χ3v) is 2.17. The second kappa shape index (κ2) is 4.39. The quantitative estimate of drug-likeness (QED) is 0.763. The lowest BCUT2D eigenvalue weighted by Gasteiger charge is -2.06. The molecule has 0 fully saturated rings. The maximum atomic E-state index is 5.88. The van der Waals surface area contributed by atoms with E-state index < -0.39 is 0 Å². The molecule has 0 spiro atoms. The van der Waals surface area contributed by atoms with Crippen molar-refractivity contribution < 1.29 is 4.74 Å². The van der Waals surface area contributed by atoms with Gasteiger partial charge >= 0.3 is 0 Å². The molecule has 1 N–H and O–H groups in total. The lowest BCUT2D eigenvalue weighted by molar-refractivity contribution is 0.397. The predicted molar refractivity (Wildman–Crippen MR) is 56.6 cm³/mol. The zero-order chi connectivity index (χ0) is 9.84. The van der Waals surface area contributed by atoms with E-state index in [1.807, 2.05) is 0 Å². The molecule has 1 heterocycles. The summed E-state index contributed by atoms with van der Waals surface area (Å²) in [7, 11) is 3.27. The molecule has 5 heteroatoms. The molecule has 0 bridgehead atoms. The Balaban J connectivity index is 3.11. The lowest BCUT2D eigenvalue weighted by Crippen LogP contribution is -2.18. The van der Waals surface area contributed by atoms with Gasteiger partial charge in [0.1, 0.15) is 10.7 Å². The fourth-order valence-corrected chi connectivity index (χ4v) is 1.23. The molecule has 0 atom stereocenters. The van der Waals surface area contributed by atoms with Crippen molar-refractivity contribution in [2.45, 2.75) is 0 Å². The summed E-state index contributed by atoms with van der Waals surface area (Å²) in [5, 5.41) is 3.32. The van der Waals surface area contributed by atoms with Crippen molar-refractivity contribution in [1.82, 2.24) is 10.3 Å². The first-order valence-corrected chi connectivity index (χ1v) is 4.40. The van der Waals surface area contributed by atoms with E-state index in [0.717, 1.165) is 0 Å². The fourth-order valence-electron chi connectivity index (χ4n) is 0.816. The molecule has 0 aliphatic carbocycles. The minimum absolute atomic E-state index is 0.497. The average Bonchev–Trinajstić information content (AvgIpc) is 2.17. The summed E-state index contributed by atoms with van der Waals surface area (Å²) in [6, 6.07) is 3.39. The van der Waals surface area contributed by atoms with Gasteiger partial charge in [0.2, 0.25) is 5.88 Å². The van der Waals surface area contributed by atoms with Gasteiger partial charge in [-0.25, -0.2) is 4.98 Å². The van der Waals surface area contributed by atoms with Crippen LogP contribution in [0.3, 0.4) is 0 Å². The number of methoxy groups -OCH3 is 1. The number of hydrogen-bond acceptors (Lipinski definition) is 3. The number of nitrogens with one attached hydrogen (secondary N) is 1. The van der Waals surface area contributed by atoms with Gasteiger partial charge in [-0.2, -0.15) is 0 Å². The summed E-state index contributed by atoms with van der Waals surface area (Å²) in [6.45, 7) is 0. The third kappa shape index (κ3) is 2.29. The number of rotatable bonds is 2. The first-order chi connectivity index (χ1) is 6.19. The van der Waals surface area contributed by atoms with Crippen molar-refractivity contribution in [3.63, 3.8) is 0 Å². The molecule has 0 saturated heterocycles. The number of halogens is 1. The molecule has 1 aromatic rings. The van der Waals surface area contributed by atoms with E-state index in [4.69, 9.17) is 28.6 Å². The summed E-state index contributed by atoms with van der Waals surface area (Å²) in [5.41, 5.74) is 0.540. The molecule has 0 radical (unpaired) electrons. The van der Waals surface area contributed by atoms with Crippen LogP contribution >= 0.6 is 23.8 Å². The van der Waals surface area contributed by atoms with Crippen LogP contribution in [-0.2, 0) is 0 Å². The summed E-state index contributed by atoms with van der Waals surface area (Å²) >= 11 is 10.9. The average molecular weight is 217 g/mol. The molecule has 1 rings (SSSR count). The Labute approximate surface area is 87.1 Å². The standard InChI is InChI=1S/C8H9ClN2OS/c1-10-8(13)7-5(9)3-4-6(11-7)12-2/h3-4H,1-2H3,(H,10,13). The van der Waals surface area contributed by atoms with Crippen molar-refractivity contribution in [3.05, 3.63) is 22.8 Å². The summed E-state index contributed by atoms with van der Waals surface area (Å²) in [6.07, 6.45) is 0. The SMILES string of the molecule is CNC(=S)c1nc(OC)ccc1Cl. The van der Waals surface area contributed by atoms with E-state index in [1.165, 1.54) is 0 Å². The second-order valence-electron chi connectivity index (χ2n) is 2.26. The Morgan fingerprint density at radius 1 is 1.62 bits per heavy atom. The van der Waals surface area contributed by atoms with Gasteiger partial charge in [0.15, 0.2) is 0 Å². The first kappa shape index (κ1) is 10.2. The minimum atomic E-state index is 0.497. The Kier molecular flexibility index (Phi) is 3.45. The molecular weight excluding hydrogens is 208 g/mol. The first-order valence-electron chi connectivity index (χ1n) is 3.61. The number of hydrogen-bond donors (Lipinski definition) is 1. The lowest BCUT2D eigenvalue weighted by atomic mass is 10.3. The molecule has 0 aromatic carbocycles. The van der Waals surface area contributed by atoms with Crippen molar-refractivity contribution in [1.29, 1.82) is 0 Å². The third-order valence-electron chi connectivity index (χ3n) is 1.47. The van der Waals surface area contributed by atoms with Crippen molar-refractivity contribution in [3.8, 4) is 5.88 Å². The van der Waals surface area contributed by atoms with Crippen LogP contribution in [0.2, 0.25) is 5.02 Å². The number of nitrogens with zero attached hydrogens (tertiary/aromatic N) is 1. The smallest absolute Gasteiger partial charge is 0.213 e. The molecule has 13 heavy (non-hydrogen) atoms. The van der Waals surface area contributed by atoms with Crippen LogP contribution in [0.4, 0.5) is 0 Å². The Morgan fingerprint density at radius 3 is 2.85 bits per heavy atom. The molecule has 0 unspecified atom stereocenters. The van der Waals surface area contributed by atoms with Crippen LogP contribution in [0.5, 0.6) is 5.88 Å². The van der Waals surface area contributed by atoms with E-state index in [9.17, 15) is 0 Å². The van der Waals surface area contributed by atoms with Crippen molar-refractivity contribution in [2.24, 2.45) is 0 Å². The normalized spacial score (nSPS) is 9.46. The second-order valence-corrected chi connectivity index (χ2v) is 3.08. The van der Waals surface area contributed by atoms with Crippen LogP contribution in [0, 0.1) is 0 Å². The zero-order valence-electron chi connectivity index (χ0n) is 7.30. The topological polar surface area (TPSA) is 34.2 Å². The highest BCUT2D eigenvalue weighted by atomic mass is 35.5. The number of aromatic nitrogens is 1. The van der Waals surface area contributed by atoms with Crippen molar-refractivity contribution >= 4 is 28.8 Å². The summed E-state index contributed by atoms with van der Waals surface area (Å²) in [4.78, 5) is 4.61. The van der Waals surface area contributed by atoms with E-state index in [-0.39, 0.29) is 0 Å². The molecular formula is C8H9ClN2OS. The maximum absolute atomic E-state index is 5.88. The molecule has 0 aliphatic rings. The molecule has 70 valence electrons. The monoisotopic (exact) mass is 216 g/mol. The molecule has 1 aromatic heterocycles. The minimum Gasteiger partial charge on any atom is -0.481 e.